The van der Waals surface area contributed by atoms with E-state index in [-0.39, 0.29) is 11.9 Å². The Morgan fingerprint density at radius 1 is 1.30 bits per heavy atom. The number of nitrogens with zero attached hydrogens (tertiary/aromatic N) is 1. The lowest BCUT2D eigenvalue weighted by atomic mass is 9.96. The Hall–Kier alpha value is -1.68. The fraction of sp³-hybridized carbons (Fsp3) is 0.375. The summed E-state index contributed by atoms with van der Waals surface area (Å²) in [4.78, 5) is 17.6. The van der Waals surface area contributed by atoms with Crippen molar-refractivity contribution in [1.82, 2.24) is 10.3 Å². The van der Waals surface area contributed by atoms with E-state index in [1.54, 1.807) is 29.8 Å². The third kappa shape index (κ3) is 2.90. The third-order valence-electron chi connectivity index (χ3n) is 3.93. The lowest BCUT2D eigenvalue weighted by Gasteiger charge is -2.23. The van der Waals surface area contributed by atoms with Crippen LogP contribution in [0.25, 0.3) is 0 Å². The van der Waals surface area contributed by atoms with Crippen molar-refractivity contribution in [2.45, 2.75) is 31.7 Å². The molecule has 4 heteroatoms. The normalized spacial score (nSPS) is 17.0. The number of nitrogens with one attached hydrogen (secondary N) is 1. The number of thiophene rings is 1. The number of amides is 1. The Morgan fingerprint density at radius 2 is 2.15 bits per heavy atom. The van der Waals surface area contributed by atoms with Crippen molar-refractivity contribution >= 4 is 17.2 Å². The fourth-order valence-corrected chi connectivity index (χ4v) is 3.77. The average Bonchev–Trinajstić information content (AvgIpc) is 3.19. The third-order valence-corrected chi connectivity index (χ3v) is 4.89. The first kappa shape index (κ1) is 13.3. The van der Waals surface area contributed by atoms with Gasteiger partial charge in [-0.25, -0.2) is 0 Å². The molecule has 0 spiro atoms. The standard InChI is InChI=1S/C16H18N2OS/c19-16(13-7-3-9-17-11-13)18-15(12-5-1-2-6-12)14-8-4-10-20-14/h3-4,7-12,15H,1-2,5-6H2,(H,18,19)/t15-/m0/s1. The number of hydrogen-bond acceptors (Lipinski definition) is 3. The number of carbonyl (C=O) groups is 1. The van der Waals surface area contributed by atoms with Gasteiger partial charge in [-0.1, -0.05) is 18.9 Å². The zero-order valence-electron chi connectivity index (χ0n) is 11.3. The molecule has 104 valence electrons. The summed E-state index contributed by atoms with van der Waals surface area (Å²) in [6.07, 6.45) is 8.26. The molecule has 1 N–H and O–H groups in total. The van der Waals surface area contributed by atoms with Crippen LogP contribution < -0.4 is 5.32 Å². The topological polar surface area (TPSA) is 42.0 Å². The highest BCUT2D eigenvalue weighted by Gasteiger charge is 2.28. The molecule has 0 radical (unpaired) electrons. The summed E-state index contributed by atoms with van der Waals surface area (Å²) in [5.41, 5.74) is 0.632. The van der Waals surface area contributed by atoms with Gasteiger partial charge in [-0.3, -0.25) is 9.78 Å². The number of carbonyl (C=O) groups excluding carboxylic acids is 1. The molecule has 0 bridgehead atoms. The van der Waals surface area contributed by atoms with E-state index in [1.165, 1.54) is 30.6 Å². The molecule has 2 aromatic heterocycles. The van der Waals surface area contributed by atoms with Gasteiger partial charge in [0.1, 0.15) is 0 Å². The Kier molecular flexibility index (Phi) is 4.11. The molecule has 1 aliphatic carbocycles. The van der Waals surface area contributed by atoms with Crippen molar-refractivity contribution in [3.63, 3.8) is 0 Å². The molecule has 2 heterocycles. The second-order valence-electron chi connectivity index (χ2n) is 5.25. The number of hydrogen-bond donors (Lipinski definition) is 1. The predicted octanol–water partition coefficient (Wildman–Crippen LogP) is 3.80. The molecular formula is C16H18N2OS. The molecule has 0 aliphatic heterocycles. The first-order valence-electron chi connectivity index (χ1n) is 7.09. The van der Waals surface area contributed by atoms with E-state index in [0.717, 1.165) is 0 Å². The smallest absolute Gasteiger partial charge is 0.253 e. The maximum absolute atomic E-state index is 12.4. The van der Waals surface area contributed by atoms with Crippen LogP contribution in [-0.2, 0) is 0 Å². The van der Waals surface area contributed by atoms with Gasteiger partial charge in [0, 0.05) is 17.3 Å². The van der Waals surface area contributed by atoms with Crippen molar-refractivity contribution in [2.24, 2.45) is 5.92 Å². The van der Waals surface area contributed by atoms with Gasteiger partial charge in [-0.2, -0.15) is 0 Å². The average molecular weight is 286 g/mol. The van der Waals surface area contributed by atoms with Crippen molar-refractivity contribution < 1.29 is 4.79 Å². The van der Waals surface area contributed by atoms with E-state index in [0.29, 0.717) is 11.5 Å². The lowest BCUT2D eigenvalue weighted by molar-refractivity contribution is 0.0922. The molecule has 1 atom stereocenters. The van der Waals surface area contributed by atoms with Crippen LogP contribution in [-0.4, -0.2) is 10.9 Å². The Morgan fingerprint density at radius 3 is 2.80 bits per heavy atom. The van der Waals surface area contributed by atoms with E-state index >= 15 is 0 Å². The summed E-state index contributed by atoms with van der Waals surface area (Å²) < 4.78 is 0. The highest BCUT2D eigenvalue weighted by atomic mass is 32.1. The van der Waals surface area contributed by atoms with E-state index in [9.17, 15) is 4.79 Å². The van der Waals surface area contributed by atoms with Gasteiger partial charge >= 0.3 is 0 Å². The van der Waals surface area contributed by atoms with Gasteiger partial charge in [-0.15, -0.1) is 11.3 Å². The zero-order chi connectivity index (χ0) is 13.8. The summed E-state index contributed by atoms with van der Waals surface area (Å²) >= 11 is 1.72. The fourth-order valence-electron chi connectivity index (χ4n) is 2.90. The molecule has 0 saturated heterocycles. The summed E-state index contributed by atoms with van der Waals surface area (Å²) in [5, 5.41) is 5.29. The van der Waals surface area contributed by atoms with Crippen molar-refractivity contribution in [3.8, 4) is 0 Å². The molecule has 1 amide bonds. The van der Waals surface area contributed by atoms with Crippen LogP contribution in [0.1, 0.15) is 47.0 Å². The van der Waals surface area contributed by atoms with Crippen LogP contribution in [0.5, 0.6) is 0 Å². The molecule has 1 saturated carbocycles. The van der Waals surface area contributed by atoms with Gasteiger partial charge in [0.2, 0.25) is 0 Å². The van der Waals surface area contributed by atoms with E-state index in [1.807, 2.05) is 6.07 Å². The lowest BCUT2D eigenvalue weighted by Crippen LogP contribution is -2.32. The molecule has 0 aromatic carbocycles. The molecule has 1 fully saturated rings. The van der Waals surface area contributed by atoms with Crippen molar-refractivity contribution in [3.05, 3.63) is 52.5 Å². The van der Waals surface area contributed by atoms with E-state index in [2.05, 4.69) is 27.8 Å². The van der Waals surface area contributed by atoms with Gasteiger partial charge in [0.05, 0.1) is 11.6 Å². The largest absolute Gasteiger partial charge is 0.344 e. The first-order chi connectivity index (χ1) is 9.84. The minimum Gasteiger partial charge on any atom is -0.344 e. The molecule has 20 heavy (non-hydrogen) atoms. The van der Waals surface area contributed by atoms with Crippen LogP contribution in [0.3, 0.4) is 0 Å². The van der Waals surface area contributed by atoms with Crippen molar-refractivity contribution in [2.75, 3.05) is 0 Å². The molecule has 3 nitrogen and oxygen atoms in total. The van der Waals surface area contributed by atoms with Crippen LogP contribution in [0, 0.1) is 5.92 Å². The monoisotopic (exact) mass is 286 g/mol. The highest BCUT2D eigenvalue weighted by Crippen LogP contribution is 2.37. The van der Waals surface area contributed by atoms with Crippen LogP contribution in [0.15, 0.2) is 42.0 Å². The van der Waals surface area contributed by atoms with Crippen molar-refractivity contribution in [1.29, 1.82) is 0 Å². The minimum absolute atomic E-state index is 0.0246. The van der Waals surface area contributed by atoms with Gasteiger partial charge in [0.25, 0.3) is 5.91 Å². The van der Waals surface area contributed by atoms with Gasteiger partial charge < -0.3 is 5.32 Å². The van der Waals surface area contributed by atoms with E-state index in [4.69, 9.17) is 0 Å². The summed E-state index contributed by atoms with van der Waals surface area (Å²) in [6.45, 7) is 0. The predicted molar refractivity (Wildman–Crippen MR) is 80.7 cm³/mol. The maximum atomic E-state index is 12.4. The molecule has 3 rings (SSSR count). The Balaban J connectivity index is 1.78. The molecule has 1 aliphatic rings. The van der Waals surface area contributed by atoms with Gasteiger partial charge in [0.15, 0.2) is 0 Å². The Bertz CT molecular complexity index is 547. The van der Waals surface area contributed by atoms with Gasteiger partial charge in [-0.05, 0) is 42.3 Å². The summed E-state index contributed by atoms with van der Waals surface area (Å²) in [6, 6.07) is 7.92. The molecular weight excluding hydrogens is 268 g/mol. The van der Waals surface area contributed by atoms with E-state index < -0.39 is 0 Å². The summed E-state index contributed by atoms with van der Waals surface area (Å²) in [7, 11) is 0. The minimum atomic E-state index is -0.0246. The number of pyridine rings is 1. The molecule has 0 unspecified atom stereocenters. The Labute approximate surface area is 123 Å². The summed E-state index contributed by atoms with van der Waals surface area (Å²) in [5.74, 6) is 0.540. The second-order valence-corrected chi connectivity index (χ2v) is 6.23. The number of aromatic nitrogens is 1. The quantitative estimate of drug-likeness (QED) is 0.928. The van der Waals surface area contributed by atoms with Crippen LogP contribution >= 0.6 is 11.3 Å². The second kappa shape index (κ2) is 6.18. The SMILES string of the molecule is O=C(N[C@H](c1cccs1)C1CCCC1)c1cccnc1. The molecule has 2 aromatic rings. The highest BCUT2D eigenvalue weighted by molar-refractivity contribution is 7.10. The maximum Gasteiger partial charge on any atom is 0.253 e. The zero-order valence-corrected chi connectivity index (χ0v) is 12.1. The first-order valence-corrected chi connectivity index (χ1v) is 7.97. The van der Waals surface area contributed by atoms with Crippen LogP contribution in [0.2, 0.25) is 0 Å². The van der Waals surface area contributed by atoms with Crippen LogP contribution in [0.4, 0.5) is 0 Å². The number of rotatable bonds is 4.